The van der Waals surface area contributed by atoms with Crippen molar-refractivity contribution in [3.8, 4) is 0 Å². The molecule has 0 bridgehead atoms. The fourth-order valence-electron chi connectivity index (χ4n) is 2.45. The van der Waals surface area contributed by atoms with Crippen molar-refractivity contribution in [3.05, 3.63) is 18.0 Å². The first kappa shape index (κ1) is 15.7. The van der Waals surface area contributed by atoms with Crippen molar-refractivity contribution in [2.45, 2.75) is 33.2 Å². The average molecular weight is 292 g/mol. The number of amides is 1. The van der Waals surface area contributed by atoms with Crippen LogP contribution in [0.25, 0.3) is 0 Å². The molecule has 6 nitrogen and oxygen atoms in total. The second-order valence-corrected chi connectivity index (χ2v) is 5.85. The van der Waals surface area contributed by atoms with Crippen LogP contribution in [-0.2, 0) is 4.74 Å². The van der Waals surface area contributed by atoms with Crippen molar-refractivity contribution in [1.29, 1.82) is 0 Å². The summed E-state index contributed by atoms with van der Waals surface area (Å²) < 4.78 is 5.31. The molecule has 1 unspecified atom stereocenters. The van der Waals surface area contributed by atoms with Crippen LogP contribution in [0.15, 0.2) is 12.3 Å². The number of nitrogens with zero attached hydrogens (tertiary/aromatic N) is 3. The van der Waals surface area contributed by atoms with Crippen LogP contribution >= 0.6 is 0 Å². The minimum Gasteiger partial charge on any atom is -0.378 e. The van der Waals surface area contributed by atoms with Gasteiger partial charge in [0, 0.05) is 25.3 Å². The number of nitrogens with one attached hydrogen (secondary N) is 1. The van der Waals surface area contributed by atoms with Gasteiger partial charge in [-0.3, -0.25) is 4.79 Å². The Hall–Kier alpha value is -1.69. The smallest absolute Gasteiger partial charge is 0.270 e. The van der Waals surface area contributed by atoms with Gasteiger partial charge in [0.15, 0.2) is 0 Å². The van der Waals surface area contributed by atoms with E-state index in [-0.39, 0.29) is 11.9 Å². The lowest BCUT2D eigenvalue weighted by Crippen LogP contribution is -2.38. The Kier molecular flexibility index (Phi) is 5.50. The third-order valence-corrected chi connectivity index (χ3v) is 3.37. The zero-order valence-corrected chi connectivity index (χ0v) is 13.0. The molecule has 2 heterocycles. The third-order valence-electron chi connectivity index (χ3n) is 3.37. The number of aromatic nitrogens is 2. The zero-order valence-electron chi connectivity index (χ0n) is 13.0. The Morgan fingerprint density at radius 3 is 2.76 bits per heavy atom. The quantitative estimate of drug-likeness (QED) is 0.890. The average Bonchev–Trinajstić information content (AvgIpc) is 2.47. The molecule has 2 rings (SSSR count). The number of anilines is 1. The number of hydrogen-bond acceptors (Lipinski definition) is 5. The molecule has 116 valence electrons. The summed E-state index contributed by atoms with van der Waals surface area (Å²) in [5.74, 6) is 1.01. The van der Waals surface area contributed by atoms with E-state index < -0.39 is 0 Å². The normalized spacial score (nSPS) is 16.9. The van der Waals surface area contributed by atoms with E-state index in [0.717, 1.165) is 19.5 Å². The summed E-state index contributed by atoms with van der Waals surface area (Å²) in [6.07, 6.45) is 2.59. The highest BCUT2D eigenvalue weighted by Gasteiger charge is 2.17. The van der Waals surface area contributed by atoms with E-state index >= 15 is 0 Å². The van der Waals surface area contributed by atoms with Crippen LogP contribution in [0, 0.1) is 5.92 Å². The topological polar surface area (TPSA) is 67.4 Å². The van der Waals surface area contributed by atoms with Crippen LogP contribution in [0.5, 0.6) is 0 Å². The van der Waals surface area contributed by atoms with Crippen LogP contribution in [0.4, 0.5) is 5.95 Å². The Bertz CT molecular complexity index is 472. The standard InChI is InChI=1S/C15H24N4O2/c1-11(2)10-12(3)17-14(20)13-4-5-16-15(18-13)19-6-8-21-9-7-19/h4-5,11-12H,6-10H2,1-3H3,(H,17,20). The van der Waals surface area contributed by atoms with E-state index in [0.29, 0.717) is 30.8 Å². The van der Waals surface area contributed by atoms with Gasteiger partial charge in [-0.25, -0.2) is 9.97 Å². The maximum Gasteiger partial charge on any atom is 0.270 e. The predicted octanol–water partition coefficient (Wildman–Crippen LogP) is 1.48. The van der Waals surface area contributed by atoms with Crippen LogP contribution in [-0.4, -0.2) is 48.2 Å². The first-order chi connectivity index (χ1) is 10.1. The van der Waals surface area contributed by atoms with E-state index in [1.165, 1.54) is 0 Å². The maximum atomic E-state index is 12.2. The van der Waals surface area contributed by atoms with Crippen molar-refractivity contribution in [2.24, 2.45) is 5.92 Å². The van der Waals surface area contributed by atoms with Crippen molar-refractivity contribution in [2.75, 3.05) is 31.2 Å². The van der Waals surface area contributed by atoms with E-state index in [1.54, 1.807) is 12.3 Å². The summed E-state index contributed by atoms with van der Waals surface area (Å²) in [5, 5.41) is 2.99. The molecular formula is C15H24N4O2. The molecular weight excluding hydrogens is 268 g/mol. The van der Waals surface area contributed by atoms with Crippen molar-refractivity contribution < 1.29 is 9.53 Å². The molecule has 0 radical (unpaired) electrons. The van der Waals surface area contributed by atoms with Crippen LogP contribution in [0.3, 0.4) is 0 Å². The number of rotatable bonds is 5. The molecule has 1 amide bonds. The van der Waals surface area contributed by atoms with Crippen LogP contribution in [0.2, 0.25) is 0 Å². The fourth-order valence-corrected chi connectivity index (χ4v) is 2.45. The minimum absolute atomic E-state index is 0.138. The lowest BCUT2D eigenvalue weighted by Gasteiger charge is -2.26. The first-order valence-electron chi connectivity index (χ1n) is 7.53. The minimum atomic E-state index is -0.139. The molecule has 1 atom stereocenters. The summed E-state index contributed by atoms with van der Waals surface area (Å²) in [6, 6.07) is 1.79. The molecule has 1 N–H and O–H groups in total. The monoisotopic (exact) mass is 292 g/mol. The van der Waals surface area contributed by atoms with Gasteiger partial charge in [0.05, 0.1) is 13.2 Å². The Labute approximate surface area is 125 Å². The van der Waals surface area contributed by atoms with E-state index in [4.69, 9.17) is 4.74 Å². The van der Waals surface area contributed by atoms with Gasteiger partial charge in [-0.05, 0) is 25.3 Å². The van der Waals surface area contributed by atoms with Crippen molar-refractivity contribution >= 4 is 11.9 Å². The molecule has 1 aliphatic heterocycles. The Morgan fingerprint density at radius 2 is 2.10 bits per heavy atom. The van der Waals surface area contributed by atoms with Gasteiger partial charge in [-0.1, -0.05) is 13.8 Å². The SMILES string of the molecule is CC(C)CC(C)NC(=O)c1ccnc(N2CCOCC2)n1. The molecule has 0 aliphatic carbocycles. The fraction of sp³-hybridized carbons (Fsp3) is 0.667. The first-order valence-corrected chi connectivity index (χ1v) is 7.53. The molecule has 1 aromatic rings. The van der Waals surface area contributed by atoms with Gasteiger partial charge >= 0.3 is 0 Å². The molecule has 6 heteroatoms. The predicted molar refractivity (Wildman–Crippen MR) is 81.4 cm³/mol. The van der Waals surface area contributed by atoms with Crippen LogP contribution < -0.4 is 10.2 Å². The number of hydrogen-bond donors (Lipinski definition) is 1. The second kappa shape index (κ2) is 7.36. The summed E-state index contributed by atoms with van der Waals surface area (Å²) in [7, 11) is 0. The van der Waals surface area contributed by atoms with Gasteiger partial charge in [0.25, 0.3) is 5.91 Å². The van der Waals surface area contributed by atoms with Crippen LogP contribution in [0.1, 0.15) is 37.7 Å². The van der Waals surface area contributed by atoms with E-state index in [2.05, 4.69) is 29.1 Å². The van der Waals surface area contributed by atoms with E-state index in [9.17, 15) is 4.79 Å². The molecule has 1 aliphatic rings. The molecule has 21 heavy (non-hydrogen) atoms. The number of morpholine rings is 1. The molecule has 1 saturated heterocycles. The third kappa shape index (κ3) is 4.67. The molecule has 0 saturated carbocycles. The highest BCUT2D eigenvalue weighted by Crippen LogP contribution is 2.10. The van der Waals surface area contributed by atoms with Gasteiger partial charge in [0.1, 0.15) is 5.69 Å². The number of carbonyl (C=O) groups excluding carboxylic acids is 1. The maximum absolute atomic E-state index is 12.2. The highest BCUT2D eigenvalue weighted by atomic mass is 16.5. The molecule has 1 fully saturated rings. The lowest BCUT2D eigenvalue weighted by molar-refractivity contribution is 0.0930. The largest absolute Gasteiger partial charge is 0.378 e. The summed E-state index contributed by atoms with van der Waals surface area (Å²) >= 11 is 0. The zero-order chi connectivity index (χ0) is 15.2. The summed E-state index contributed by atoms with van der Waals surface area (Å²) in [4.78, 5) is 22.9. The summed E-state index contributed by atoms with van der Waals surface area (Å²) in [5.41, 5.74) is 0.419. The number of ether oxygens (including phenoxy) is 1. The molecule has 0 spiro atoms. The number of carbonyl (C=O) groups is 1. The Morgan fingerprint density at radius 1 is 1.38 bits per heavy atom. The summed E-state index contributed by atoms with van der Waals surface area (Å²) in [6.45, 7) is 9.16. The van der Waals surface area contributed by atoms with Gasteiger partial charge in [-0.15, -0.1) is 0 Å². The molecule has 0 aromatic carbocycles. The lowest BCUT2D eigenvalue weighted by atomic mass is 10.1. The van der Waals surface area contributed by atoms with Crippen molar-refractivity contribution in [3.63, 3.8) is 0 Å². The van der Waals surface area contributed by atoms with Gasteiger partial charge in [-0.2, -0.15) is 0 Å². The Balaban J connectivity index is 2.00. The second-order valence-electron chi connectivity index (χ2n) is 5.85. The van der Waals surface area contributed by atoms with Gasteiger partial charge < -0.3 is 15.0 Å². The van der Waals surface area contributed by atoms with Crippen molar-refractivity contribution in [1.82, 2.24) is 15.3 Å². The van der Waals surface area contributed by atoms with Gasteiger partial charge in [0.2, 0.25) is 5.95 Å². The molecule has 1 aromatic heterocycles. The highest BCUT2D eigenvalue weighted by molar-refractivity contribution is 5.92. The van der Waals surface area contributed by atoms with E-state index in [1.807, 2.05) is 11.8 Å².